The number of hydrogen-bond donors (Lipinski definition) is 0. The summed E-state index contributed by atoms with van der Waals surface area (Å²) >= 11 is 0.672. The molecule has 0 aromatic heterocycles. The smallest absolute Gasteiger partial charge is 0.0642 e. The van der Waals surface area contributed by atoms with E-state index in [2.05, 4.69) is 55.4 Å². The van der Waals surface area contributed by atoms with Crippen molar-refractivity contribution >= 4 is 23.9 Å². The molecule has 0 fully saturated rings. The van der Waals surface area contributed by atoms with Gasteiger partial charge in [0.15, 0.2) is 0 Å². The minimum atomic E-state index is -1.08. The van der Waals surface area contributed by atoms with Gasteiger partial charge in [-0.05, 0) is 0 Å². The van der Waals surface area contributed by atoms with Crippen molar-refractivity contribution in [1.29, 1.82) is 0 Å². The summed E-state index contributed by atoms with van der Waals surface area (Å²) in [6.07, 6.45) is 2.77. The molecular formula is C16H34AlO2P. The zero-order valence-electron chi connectivity index (χ0n) is 14.8. The zero-order chi connectivity index (χ0) is 16.4. The summed E-state index contributed by atoms with van der Waals surface area (Å²) < 4.78 is 8.35. The summed E-state index contributed by atoms with van der Waals surface area (Å²) in [6, 6.07) is 0. The van der Waals surface area contributed by atoms with Crippen LogP contribution < -0.4 is 4.89 Å². The van der Waals surface area contributed by atoms with Crippen molar-refractivity contribution in [2.75, 3.05) is 0 Å². The van der Waals surface area contributed by atoms with Crippen LogP contribution in [0.2, 0.25) is 10.6 Å². The predicted octanol–water partition coefficient (Wildman–Crippen LogP) is 5.23. The van der Waals surface area contributed by atoms with Crippen LogP contribution in [0.5, 0.6) is 0 Å². The van der Waals surface area contributed by atoms with Crippen LogP contribution in [0.25, 0.3) is 0 Å². The quantitative estimate of drug-likeness (QED) is 0.497. The Morgan fingerprint density at radius 1 is 0.900 bits per heavy atom. The molecule has 2 unspecified atom stereocenters. The molecule has 0 aromatic carbocycles. The Kier molecular flexibility index (Phi) is 12.8. The number of rotatable bonds is 6. The van der Waals surface area contributed by atoms with Crippen LogP contribution >= 0.6 is 8.69 Å². The molecule has 0 saturated heterocycles. The molecule has 4 heteroatoms. The van der Waals surface area contributed by atoms with Crippen molar-refractivity contribution in [1.82, 2.24) is 0 Å². The Balaban J connectivity index is 0. The summed E-state index contributed by atoms with van der Waals surface area (Å²) in [4.78, 5) is 8.35. The van der Waals surface area contributed by atoms with Crippen LogP contribution in [0.15, 0.2) is 0 Å². The van der Waals surface area contributed by atoms with Gasteiger partial charge in [-0.2, -0.15) is 0 Å². The fraction of sp³-hybridized carbons (Fsp3) is 1.00. The Labute approximate surface area is 135 Å². The molecule has 0 aliphatic carbocycles. The van der Waals surface area contributed by atoms with E-state index in [9.17, 15) is 0 Å². The molecule has 0 heterocycles. The minimum absolute atomic E-state index is 0.510. The van der Waals surface area contributed by atoms with Gasteiger partial charge in [0.2, 0.25) is 0 Å². The van der Waals surface area contributed by atoms with Crippen molar-refractivity contribution in [3.63, 3.8) is 0 Å². The first-order valence-corrected chi connectivity index (χ1v) is 10.0. The second kappa shape index (κ2) is 11.2. The monoisotopic (exact) mass is 316 g/mol. The van der Waals surface area contributed by atoms with E-state index in [1.54, 1.807) is 0 Å². The van der Waals surface area contributed by atoms with Crippen molar-refractivity contribution < 1.29 is 9.46 Å². The van der Waals surface area contributed by atoms with Crippen LogP contribution in [0.4, 0.5) is 0 Å². The molecule has 0 aromatic rings. The van der Waals surface area contributed by atoms with Crippen LogP contribution in [0.3, 0.4) is 0 Å². The first kappa shape index (κ1) is 22.9. The molecular weight excluding hydrogens is 282 g/mol. The Morgan fingerprint density at radius 2 is 1.15 bits per heavy atom. The van der Waals surface area contributed by atoms with Crippen LogP contribution in [0, 0.1) is 22.7 Å². The minimum Gasteiger partial charge on any atom is -0.772 e. The normalized spacial score (nSPS) is 15.1. The maximum Gasteiger partial charge on any atom is 0.0642 e. The Morgan fingerprint density at radius 3 is 1.35 bits per heavy atom. The van der Waals surface area contributed by atoms with E-state index in [4.69, 9.17) is 9.46 Å². The first-order chi connectivity index (χ1) is 8.91. The van der Waals surface area contributed by atoms with Gasteiger partial charge in [0.05, 0.1) is 8.69 Å². The third kappa shape index (κ3) is 20.9. The summed E-state index contributed by atoms with van der Waals surface area (Å²) in [6.45, 7) is 19.0. The van der Waals surface area contributed by atoms with Gasteiger partial charge in [-0.15, -0.1) is 0 Å². The predicted molar refractivity (Wildman–Crippen MR) is 89.4 cm³/mol. The second-order valence-electron chi connectivity index (χ2n) is 8.57. The van der Waals surface area contributed by atoms with Gasteiger partial charge in [0.1, 0.15) is 0 Å². The molecule has 20 heavy (non-hydrogen) atoms. The average Bonchev–Trinajstić information content (AvgIpc) is 2.12. The van der Waals surface area contributed by atoms with Crippen molar-refractivity contribution in [3.05, 3.63) is 0 Å². The molecule has 118 valence electrons. The summed E-state index contributed by atoms with van der Waals surface area (Å²) in [7, 11) is -1.08. The number of hydrogen-bond acceptors (Lipinski definition) is 2. The molecule has 0 spiro atoms. The molecule has 0 saturated carbocycles. The molecule has 0 aliphatic rings. The Hall–Kier alpha value is 0.592. The van der Waals surface area contributed by atoms with Gasteiger partial charge in [0, 0.05) is 0 Å². The standard InChI is InChI=1S/2C8H17.Al.HO2P/c2*1-7(2)6-8(3,4)5;;1-3-2/h2*7H,1,6H2,2-5H3;;(H,1,2)/q;;+1;/p-1. The topological polar surface area (TPSA) is 40.1 Å². The van der Waals surface area contributed by atoms with E-state index in [0.717, 1.165) is 11.8 Å². The molecule has 0 amide bonds. The van der Waals surface area contributed by atoms with Crippen molar-refractivity contribution in [3.8, 4) is 0 Å². The van der Waals surface area contributed by atoms with Gasteiger partial charge in [-0.1, -0.05) is 0 Å². The van der Waals surface area contributed by atoms with E-state index in [0.29, 0.717) is 26.0 Å². The van der Waals surface area contributed by atoms with E-state index >= 15 is 0 Å². The zero-order valence-corrected chi connectivity index (χ0v) is 16.9. The molecule has 0 bridgehead atoms. The van der Waals surface area contributed by atoms with E-state index < -0.39 is 8.69 Å². The molecule has 0 N–H and O–H groups in total. The Bertz CT molecular complexity index is 222. The van der Waals surface area contributed by atoms with Gasteiger partial charge < -0.3 is 4.89 Å². The van der Waals surface area contributed by atoms with Gasteiger partial charge >= 0.3 is 117 Å². The molecule has 0 rings (SSSR count). The fourth-order valence-electron chi connectivity index (χ4n) is 2.92. The van der Waals surface area contributed by atoms with Crippen LogP contribution in [-0.4, -0.2) is 15.2 Å². The van der Waals surface area contributed by atoms with E-state index in [1.165, 1.54) is 23.4 Å². The summed E-state index contributed by atoms with van der Waals surface area (Å²) in [5.41, 5.74) is 1.02. The van der Waals surface area contributed by atoms with E-state index in [1.807, 2.05) is 0 Å². The van der Waals surface area contributed by atoms with E-state index in [-0.39, 0.29) is 0 Å². The first-order valence-electron chi connectivity index (χ1n) is 7.68. The maximum atomic E-state index is 8.35. The van der Waals surface area contributed by atoms with Gasteiger partial charge in [-0.25, -0.2) is 0 Å². The summed E-state index contributed by atoms with van der Waals surface area (Å²) in [5, 5.41) is 2.98. The third-order valence-electron chi connectivity index (χ3n) is 3.06. The van der Waals surface area contributed by atoms with Gasteiger partial charge in [-0.3, -0.25) is 4.57 Å². The fourth-order valence-corrected chi connectivity index (χ4v) is 4.59. The third-order valence-corrected chi connectivity index (χ3v) is 5.34. The van der Waals surface area contributed by atoms with Crippen LogP contribution in [-0.2, 0) is 4.57 Å². The second-order valence-corrected chi connectivity index (χ2v) is 10.2. The average molecular weight is 316 g/mol. The molecule has 2 atom stereocenters. The molecule has 0 radical (unpaired) electrons. The van der Waals surface area contributed by atoms with Crippen LogP contribution in [0.1, 0.15) is 68.2 Å². The van der Waals surface area contributed by atoms with Gasteiger partial charge in [0.25, 0.3) is 0 Å². The molecule has 2 nitrogen and oxygen atoms in total. The van der Waals surface area contributed by atoms with Crippen molar-refractivity contribution in [2.45, 2.75) is 78.8 Å². The van der Waals surface area contributed by atoms with Crippen molar-refractivity contribution in [2.24, 2.45) is 22.7 Å². The molecule has 0 aliphatic heterocycles. The largest absolute Gasteiger partial charge is 0.772 e. The SMILES string of the molecule is CC([CH2][Al+][CH2]C(C)CC(C)(C)C)CC(C)(C)C.O=P[O-]. The summed E-state index contributed by atoms with van der Waals surface area (Å²) in [5.74, 6) is 1.85. The maximum absolute atomic E-state index is 8.35.